The summed E-state index contributed by atoms with van der Waals surface area (Å²) in [7, 11) is 1.65. The van der Waals surface area contributed by atoms with E-state index in [0.29, 0.717) is 0 Å². The van der Waals surface area contributed by atoms with Gasteiger partial charge in [-0.05, 0) is 0 Å². The van der Waals surface area contributed by atoms with Crippen molar-refractivity contribution in [1.82, 2.24) is 9.55 Å². The molecule has 6 nitrogen and oxygen atoms in total. The van der Waals surface area contributed by atoms with Crippen LogP contribution in [0, 0.1) is 0 Å². The average molecular weight is 197 g/mol. The lowest BCUT2D eigenvalue weighted by Gasteiger charge is -2.09. The molecule has 0 bridgehead atoms. The molecule has 1 heterocycles. The zero-order chi connectivity index (χ0) is 10.6. The summed E-state index contributed by atoms with van der Waals surface area (Å²) in [6.07, 6.45) is 2.11. The van der Waals surface area contributed by atoms with Crippen molar-refractivity contribution in [3.63, 3.8) is 0 Å². The van der Waals surface area contributed by atoms with Crippen LogP contribution in [0.15, 0.2) is 12.4 Å². The van der Waals surface area contributed by atoms with E-state index in [-0.39, 0.29) is 5.82 Å². The summed E-state index contributed by atoms with van der Waals surface area (Å²) in [6, 6.07) is 0. The largest absolute Gasteiger partial charge is 0.420 e. The van der Waals surface area contributed by atoms with Crippen molar-refractivity contribution in [1.29, 1.82) is 0 Å². The highest BCUT2D eigenvalue weighted by atomic mass is 16.7. The van der Waals surface area contributed by atoms with E-state index in [9.17, 15) is 9.59 Å². The number of ether oxygens (including phenoxy) is 2. The fraction of sp³-hybridized carbons (Fsp3) is 0.375. The van der Waals surface area contributed by atoms with Gasteiger partial charge in [0.15, 0.2) is 0 Å². The molecule has 0 N–H and O–H groups in total. The normalized spacial score (nSPS) is 11.9. The van der Waals surface area contributed by atoms with Gasteiger partial charge in [0.2, 0.25) is 12.1 Å². The summed E-state index contributed by atoms with van der Waals surface area (Å²) in [6.45, 7) is 2.59. The maximum Gasteiger partial charge on any atom is 0.420 e. The molecule has 1 atom stereocenters. The van der Waals surface area contributed by atoms with Gasteiger partial charge in [0.05, 0.1) is 0 Å². The monoisotopic (exact) mass is 197 g/mol. The Labute approximate surface area is 80.4 Å². The van der Waals surface area contributed by atoms with Crippen molar-refractivity contribution in [2.45, 2.75) is 13.2 Å². The van der Waals surface area contributed by atoms with Crippen LogP contribution in [-0.4, -0.2) is 28.3 Å². The minimum Gasteiger partial charge on any atom is -0.420 e. The lowest BCUT2D eigenvalue weighted by molar-refractivity contribution is -0.0460. The van der Waals surface area contributed by atoms with E-state index in [0.717, 1.165) is 0 Å². The van der Waals surface area contributed by atoms with Crippen LogP contribution in [0.3, 0.4) is 0 Å². The van der Waals surface area contributed by atoms with Gasteiger partial charge in [-0.15, -0.1) is 0 Å². The Balaban J connectivity index is 2.59. The first kappa shape index (κ1) is 10.2. The molecule has 1 radical (unpaired) electrons. The Morgan fingerprint density at radius 3 is 2.93 bits per heavy atom. The molecule has 14 heavy (non-hydrogen) atoms. The van der Waals surface area contributed by atoms with Crippen LogP contribution in [0.25, 0.3) is 0 Å². The average Bonchev–Trinajstić information content (AvgIpc) is 2.51. The Morgan fingerprint density at radius 1 is 1.71 bits per heavy atom. The standard InChI is InChI=1S/C8H9N2O4/c1-6(13-5-11)14-8(12)7-9-3-4-10(7)2/h3-4,6H,1-2H3. The zero-order valence-electron chi connectivity index (χ0n) is 7.76. The minimum absolute atomic E-state index is 0.145. The molecule has 0 spiro atoms. The topological polar surface area (TPSA) is 70.4 Å². The molecule has 1 aromatic heterocycles. The number of nitrogens with zero attached hydrogens (tertiary/aromatic N) is 2. The van der Waals surface area contributed by atoms with E-state index >= 15 is 0 Å². The number of hydrogen-bond donors (Lipinski definition) is 0. The van der Waals surface area contributed by atoms with Crippen molar-refractivity contribution in [3.8, 4) is 0 Å². The predicted molar refractivity (Wildman–Crippen MR) is 44.9 cm³/mol. The molecule has 1 rings (SSSR count). The highest BCUT2D eigenvalue weighted by Gasteiger charge is 2.16. The second-order valence-corrected chi connectivity index (χ2v) is 2.54. The van der Waals surface area contributed by atoms with Gasteiger partial charge in [0.25, 0.3) is 0 Å². The van der Waals surface area contributed by atoms with Crippen LogP contribution in [0.2, 0.25) is 0 Å². The van der Waals surface area contributed by atoms with Crippen LogP contribution in [-0.2, 0) is 21.3 Å². The Hall–Kier alpha value is -1.85. The highest BCUT2D eigenvalue weighted by molar-refractivity contribution is 5.85. The lowest BCUT2D eigenvalue weighted by atomic mass is 10.6. The number of carbonyl (C=O) groups is 1. The molecular weight excluding hydrogens is 188 g/mol. The minimum atomic E-state index is -0.961. The molecule has 0 aliphatic rings. The molecule has 75 valence electrons. The van der Waals surface area contributed by atoms with Crippen molar-refractivity contribution in [2.24, 2.45) is 7.05 Å². The van der Waals surface area contributed by atoms with Crippen molar-refractivity contribution in [3.05, 3.63) is 18.2 Å². The maximum absolute atomic E-state index is 11.3. The van der Waals surface area contributed by atoms with Crippen LogP contribution < -0.4 is 0 Å². The summed E-state index contributed by atoms with van der Waals surface area (Å²) in [4.78, 5) is 24.9. The second-order valence-electron chi connectivity index (χ2n) is 2.54. The van der Waals surface area contributed by atoms with E-state index in [1.54, 1.807) is 13.2 Å². The van der Waals surface area contributed by atoms with Crippen molar-refractivity contribution >= 4 is 12.4 Å². The molecule has 0 aliphatic carbocycles. The van der Waals surface area contributed by atoms with Crippen molar-refractivity contribution in [2.75, 3.05) is 0 Å². The zero-order valence-corrected chi connectivity index (χ0v) is 7.76. The summed E-state index contributed by atoms with van der Waals surface area (Å²) in [5.74, 6) is -0.508. The molecule has 0 saturated carbocycles. The third kappa shape index (κ3) is 2.32. The quantitative estimate of drug-likeness (QED) is 0.502. The summed E-state index contributed by atoms with van der Waals surface area (Å²) in [5.41, 5.74) is 0. The third-order valence-corrected chi connectivity index (χ3v) is 1.49. The van der Waals surface area contributed by atoms with Gasteiger partial charge in [-0.25, -0.2) is 14.6 Å². The van der Waals surface area contributed by atoms with E-state index in [2.05, 4.69) is 9.72 Å². The number of hydrogen-bond acceptors (Lipinski definition) is 5. The molecule has 0 aliphatic heterocycles. The molecule has 1 aromatic rings. The number of aryl methyl sites for hydroxylation is 1. The molecule has 6 heteroatoms. The van der Waals surface area contributed by atoms with Gasteiger partial charge >= 0.3 is 12.4 Å². The predicted octanol–water partition coefficient (Wildman–Crippen LogP) is 0.00670. The molecular formula is C8H9N2O4. The van der Waals surface area contributed by atoms with E-state index in [1.807, 2.05) is 0 Å². The number of carbonyl (C=O) groups excluding carboxylic acids is 2. The SMILES string of the molecule is CC(O[C]=O)OC(=O)c1nccn1C. The van der Waals surface area contributed by atoms with Crippen LogP contribution in [0.1, 0.15) is 17.5 Å². The fourth-order valence-electron chi connectivity index (χ4n) is 0.858. The van der Waals surface area contributed by atoms with Gasteiger partial charge in [0, 0.05) is 26.4 Å². The van der Waals surface area contributed by atoms with Gasteiger partial charge in [-0.2, -0.15) is 0 Å². The number of rotatable bonds is 4. The Morgan fingerprint density at radius 2 is 2.43 bits per heavy atom. The maximum atomic E-state index is 11.3. The molecule has 0 saturated heterocycles. The van der Waals surface area contributed by atoms with E-state index in [4.69, 9.17) is 4.74 Å². The molecule has 0 fully saturated rings. The third-order valence-electron chi connectivity index (χ3n) is 1.49. The Kier molecular flexibility index (Phi) is 3.22. The van der Waals surface area contributed by atoms with Crippen LogP contribution >= 0.6 is 0 Å². The van der Waals surface area contributed by atoms with Crippen LogP contribution in [0.5, 0.6) is 0 Å². The van der Waals surface area contributed by atoms with Crippen molar-refractivity contribution < 1.29 is 19.1 Å². The lowest BCUT2D eigenvalue weighted by Crippen LogP contribution is -2.20. The molecule has 0 aromatic carbocycles. The smallest absolute Gasteiger partial charge is 0.420 e. The fourth-order valence-corrected chi connectivity index (χ4v) is 0.858. The first-order valence-corrected chi connectivity index (χ1v) is 3.86. The Bertz CT molecular complexity index is 334. The highest BCUT2D eigenvalue weighted by Crippen LogP contribution is 2.01. The molecule has 1 unspecified atom stereocenters. The van der Waals surface area contributed by atoms with E-state index < -0.39 is 12.3 Å². The number of aromatic nitrogens is 2. The molecule has 0 amide bonds. The van der Waals surface area contributed by atoms with Gasteiger partial charge in [0.1, 0.15) is 0 Å². The summed E-state index contributed by atoms with van der Waals surface area (Å²) < 4.78 is 10.5. The number of imidazole rings is 1. The first-order chi connectivity index (χ1) is 6.65. The van der Waals surface area contributed by atoms with Crippen LogP contribution in [0.4, 0.5) is 0 Å². The van der Waals surface area contributed by atoms with Gasteiger partial charge < -0.3 is 14.0 Å². The van der Waals surface area contributed by atoms with Gasteiger partial charge in [-0.1, -0.05) is 0 Å². The summed E-state index contributed by atoms with van der Waals surface area (Å²) in [5, 5.41) is 0. The van der Waals surface area contributed by atoms with Gasteiger partial charge in [-0.3, -0.25) is 0 Å². The number of esters is 1. The van der Waals surface area contributed by atoms with E-state index in [1.165, 1.54) is 24.2 Å². The summed E-state index contributed by atoms with van der Waals surface area (Å²) >= 11 is 0. The first-order valence-electron chi connectivity index (χ1n) is 3.86. The second kappa shape index (κ2) is 4.40.